The van der Waals surface area contributed by atoms with Crippen LogP contribution in [0.3, 0.4) is 0 Å². The predicted molar refractivity (Wildman–Crippen MR) is 44.6 cm³/mol. The van der Waals surface area contributed by atoms with Gasteiger partial charge in [0.25, 0.3) is 0 Å². The van der Waals surface area contributed by atoms with Crippen molar-refractivity contribution in [3.8, 4) is 0 Å². The van der Waals surface area contributed by atoms with Crippen LogP contribution in [-0.4, -0.2) is 16.1 Å². The molecule has 9 heavy (non-hydrogen) atoms. The molecule has 0 aliphatic heterocycles. The van der Waals surface area contributed by atoms with Crippen molar-refractivity contribution in [2.24, 2.45) is 5.92 Å². The molecule has 0 saturated carbocycles. The summed E-state index contributed by atoms with van der Waals surface area (Å²) < 4.78 is 5.49. The second kappa shape index (κ2) is 3.37. The molecule has 2 heteroatoms. The Morgan fingerprint density at radius 2 is 2.00 bits per heavy atom. The Morgan fingerprint density at radius 1 is 1.56 bits per heavy atom. The zero-order chi connectivity index (χ0) is 7.49. The molecule has 0 N–H and O–H groups in total. The van der Waals surface area contributed by atoms with Crippen molar-refractivity contribution in [2.45, 2.75) is 39.7 Å². The third-order valence-electron chi connectivity index (χ3n) is 2.39. The highest BCUT2D eigenvalue weighted by Crippen LogP contribution is 2.23. The number of rotatable bonds is 3. The van der Waals surface area contributed by atoms with Gasteiger partial charge in [0.2, 0.25) is 0 Å². The van der Waals surface area contributed by atoms with Crippen LogP contribution in [0.4, 0.5) is 0 Å². The van der Waals surface area contributed by atoms with E-state index in [0.717, 1.165) is 16.9 Å². The van der Waals surface area contributed by atoms with Gasteiger partial charge in [0.05, 0.1) is 5.60 Å². The molecule has 0 spiro atoms. The van der Waals surface area contributed by atoms with E-state index < -0.39 is 0 Å². The molecule has 56 valence electrons. The summed E-state index contributed by atoms with van der Waals surface area (Å²) in [6, 6.07) is 0. The van der Waals surface area contributed by atoms with Gasteiger partial charge in [0.15, 0.2) is 0 Å². The van der Waals surface area contributed by atoms with E-state index in [-0.39, 0.29) is 5.60 Å². The van der Waals surface area contributed by atoms with E-state index in [1.54, 1.807) is 0 Å². The molecular weight excluding hydrogens is 128 g/mol. The molecule has 1 nitrogen and oxygen atoms in total. The molecular formula is C7H18OSi. The topological polar surface area (TPSA) is 9.23 Å². The molecule has 0 aromatic carbocycles. The standard InChI is InChI=1S/C7H18OSi/c1-5-7(4,8-9)6(2)3/h6H,5H2,1-4,9H3. The first-order valence-electron chi connectivity index (χ1n) is 3.62. The Labute approximate surface area is 61.3 Å². The smallest absolute Gasteiger partial charge is 0.146 e. The minimum absolute atomic E-state index is 0.145. The molecule has 0 aliphatic rings. The Morgan fingerprint density at radius 3 is 2.00 bits per heavy atom. The van der Waals surface area contributed by atoms with Crippen molar-refractivity contribution in [1.82, 2.24) is 0 Å². The van der Waals surface area contributed by atoms with Crippen LogP contribution < -0.4 is 0 Å². The Kier molecular flexibility index (Phi) is 3.44. The Balaban J connectivity index is 3.92. The minimum atomic E-state index is 0.145. The monoisotopic (exact) mass is 146 g/mol. The van der Waals surface area contributed by atoms with E-state index in [2.05, 4.69) is 27.7 Å². The summed E-state index contributed by atoms with van der Waals surface area (Å²) in [5, 5.41) is 0. The molecule has 1 atom stereocenters. The van der Waals surface area contributed by atoms with Gasteiger partial charge < -0.3 is 4.43 Å². The largest absolute Gasteiger partial charge is 0.423 e. The van der Waals surface area contributed by atoms with E-state index in [1.807, 2.05) is 0 Å². The Bertz CT molecular complexity index is 77.0. The first-order chi connectivity index (χ1) is 4.06. The molecule has 0 rings (SSSR count). The lowest BCUT2D eigenvalue weighted by atomic mass is 9.90. The molecule has 0 fully saturated rings. The molecule has 0 saturated heterocycles. The van der Waals surface area contributed by atoms with E-state index in [0.29, 0.717) is 5.92 Å². The molecule has 0 bridgehead atoms. The van der Waals surface area contributed by atoms with Crippen molar-refractivity contribution in [3.05, 3.63) is 0 Å². The van der Waals surface area contributed by atoms with Gasteiger partial charge in [0, 0.05) is 0 Å². The summed E-state index contributed by atoms with van der Waals surface area (Å²) in [4.78, 5) is 0. The van der Waals surface area contributed by atoms with Crippen LogP contribution in [0.15, 0.2) is 0 Å². The fourth-order valence-electron chi connectivity index (χ4n) is 0.788. The lowest BCUT2D eigenvalue weighted by Crippen LogP contribution is -2.33. The zero-order valence-corrected chi connectivity index (χ0v) is 9.19. The van der Waals surface area contributed by atoms with E-state index in [1.165, 1.54) is 0 Å². The van der Waals surface area contributed by atoms with E-state index in [4.69, 9.17) is 4.43 Å². The van der Waals surface area contributed by atoms with Gasteiger partial charge in [0.1, 0.15) is 10.5 Å². The van der Waals surface area contributed by atoms with Gasteiger partial charge >= 0.3 is 0 Å². The molecule has 0 radical (unpaired) electrons. The van der Waals surface area contributed by atoms with Crippen molar-refractivity contribution < 1.29 is 4.43 Å². The maximum absolute atomic E-state index is 5.49. The van der Waals surface area contributed by atoms with E-state index >= 15 is 0 Å². The molecule has 0 aromatic rings. The maximum Gasteiger partial charge on any atom is 0.146 e. The fraction of sp³-hybridized carbons (Fsp3) is 1.00. The van der Waals surface area contributed by atoms with Crippen LogP contribution in [0, 0.1) is 5.92 Å². The van der Waals surface area contributed by atoms with Gasteiger partial charge in [-0.05, 0) is 19.3 Å². The Hall–Kier alpha value is 0.177. The van der Waals surface area contributed by atoms with Crippen molar-refractivity contribution in [2.75, 3.05) is 0 Å². The van der Waals surface area contributed by atoms with Crippen LogP contribution in [0.25, 0.3) is 0 Å². The average Bonchev–Trinajstić information content (AvgIpc) is 1.86. The first kappa shape index (κ1) is 9.18. The second-order valence-corrected chi connectivity index (χ2v) is 3.43. The van der Waals surface area contributed by atoms with Crippen molar-refractivity contribution in [1.29, 1.82) is 0 Å². The number of hydrogen-bond acceptors (Lipinski definition) is 1. The summed E-state index contributed by atoms with van der Waals surface area (Å²) in [6.07, 6.45) is 1.12. The predicted octanol–water partition coefficient (Wildman–Crippen LogP) is 1.11. The van der Waals surface area contributed by atoms with Crippen LogP contribution in [-0.2, 0) is 4.43 Å². The fourth-order valence-corrected chi connectivity index (χ4v) is 1.55. The lowest BCUT2D eigenvalue weighted by Gasteiger charge is -2.31. The summed E-state index contributed by atoms with van der Waals surface area (Å²) in [5.41, 5.74) is 0.145. The summed E-state index contributed by atoms with van der Waals surface area (Å²) in [6.45, 7) is 8.78. The van der Waals surface area contributed by atoms with Gasteiger partial charge in [-0.15, -0.1) is 0 Å². The molecule has 1 unspecified atom stereocenters. The third kappa shape index (κ3) is 2.10. The van der Waals surface area contributed by atoms with Crippen molar-refractivity contribution >= 4 is 10.5 Å². The molecule has 0 aliphatic carbocycles. The highest BCUT2D eigenvalue weighted by molar-refractivity contribution is 5.98. The van der Waals surface area contributed by atoms with Crippen LogP contribution in [0.5, 0.6) is 0 Å². The summed E-state index contributed by atoms with van der Waals surface area (Å²) in [7, 11) is 0.854. The van der Waals surface area contributed by atoms with Gasteiger partial charge in [-0.2, -0.15) is 0 Å². The van der Waals surface area contributed by atoms with Gasteiger partial charge in [-0.1, -0.05) is 20.8 Å². The van der Waals surface area contributed by atoms with Gasteiger partial charge in [-0.3, -0.25) is 0 Å². The van der Waals surface area contributed by atoms with Crippen LogP contribution in [0.2, 0.25) is 0 Å². The summed E-state index contributed by atoms with van der Waals surface area (Å²) in [5.74, 6) is 0.639. The zero-order valence-electron chi connectivity index (χ0n) is 7.19. The molecule has 0 aromatic heterocycles. The molecule has 0 amide bonds. The number of hydrogen-bond donors (Lipinski definition) is 0. The lowest BCUT2D eigenvalue weighted by molar-refractivity contribution is 0.0462. The van der Waals surface area contributed by atoms with Crippen LogP contribution >= 0.6 is 0 Å². The SMILES string of the molecule is CCC(C)(O[SiH3])C(C)C. The third-order valence-corrected chi connectivity index (χ3v) is 3.32. The normalized spacial score (nSPS) is 18.3. The quantitative estimate of drug-likeness (QED) is 0.542. The minimum Gasteiger partial charge on any atom is -0.423 e. The average molecular weight is 146 g/mol. The van der Waals surface area contributed by atoms with Crippen LogP contribution in [0.1, 0.15) is 34.1 Å². The highest BCUT2D eigenvalue weighted by Gasteiger charge is 2.23. The first-order valence-corrected chi connectivity index (χ1v) is 4.43. The second-order valence-electron chi connectivity index (χ2n) is 3.03. The maximum atomic E-state index is 5.49. The highest BCUT2D eigenvalue weighted by atomic mass is 28.2. The van der Waals surface area contributed by atoms with Gasteiger partial charge in [-0.25, -0.2) is 0 Å². The van der Waals surface area contributed by atoms with E-state index in [9.17, 15) is 0 Å². The molecule has 0 heterocycles. The van der Waals surface area contributed by atoms with Crippen molar-refractivity contribution in [3.63, 3.8) is 0 Å². The summed E-state index contributed by atoms with van der Waals surface area (Å²) >= 11 is 0.